The molecule has 6 heteroatoms. The molecule has 0 N–H and O–H groups in total. The van der Waals surface area contributed by atoms with Crippen LogP contribution in [0.25, 0.3) is 0 Å². The summed E-state index contributed by atoms with van der Waals surface area (Å²) in [4.78, 5) is 0. The van der Waals surface area contributed by atoms with E-state index in [0.29, 0.717) is 11.3 Å². The standard InChI is InChI=1S/C14H11F4OP/c1-8-7-9(15)5-6-11(8)19-12-4-2-3-10(13(12)20)14(16,17)18/h2-7H,20H2,1H3. The van der Waals surface area contributed by atoms with Crippen LogP contribution < -0.4 is 10.0 Å². The SMILES string of the molecule is Cc1cc(F)ccc1Oc1cccc(C(F)(F)F)c1P. The first-order valence-electron chi connectivity index (χ1n) is 5.68. The van der Waals surface area contributed by atoms with Crippen molar-refractivity contribution in [3.63, 3.8) is 0 Å². The van der Waals surface area contributed by atoms with E-state index in [0.717, 1.165) is 6.07 Å². The van der Waals surface area contributed by atoms with Gasteiger partial charge in [0, 0.05) is 5.30 Å². The molecule has 0 aromatic heterocycles. The Hall–Kier alpha value is -1.61. The molecule has 0 fully saturated rings. The molecule has 2 aromatic rings. The van der Waals surface area contributed by atoms with Crippen LogP contribution in [0.3, 0.4) is 0 Å². The molecule has 0 amide bonds. The predicted molar refractivity (Wildman–Crippen MR) is 72.0 cm³/mol. The number of aryl methyl sites for hydroxylation is 1. The monoisotopic (exact) mass is 302 g/mol. The van der Waals surface area contributed by atoms with Crippen LogP contribution in [0.15, 0.2) is 36.4 Å². The number of hydrogen-bond acceptors (Lipinski definition) is 1. The minimum Gasteiger partial charge on any atom is -0.456 e. The first-order valence-corrected chi connectivity index (χ1v) is 6.26. The van der Waals surface area contributed by atoms with Crippen molar-refractivity contribution < 1.29 is 22.3 Å². The largest absolute Gasteiger partial charge is 0.456 e. The van der Waals surface area contributed by atoms with Crippen LogP contribution in [0.4, 0.5) is 17.6 Å². The lowest BCUT2D eigenvalue weighted by Gasteiger charge is -2.15. The van der Waals surface area contributed by atoms with Crippen molar-refractivity contribution in [3.8, 4) is 11.5 Å². The molecule has 0 bridgehead atoms. The molecule has 0 aliphatic rings. The van der Waals surface area contributed by atoms with Gasteiger partial charge in [-0.05, 0) is 42.8 Å². The Kier molecular flexibility index (Phi) is 4.00. The molecule has 20 heavy (non-hydrogen) atoms. The highest BCUT2D eigenvalue weighted by atomic mass is 31.0. The van der Waals surface area contributed by atoms with Crippen LogP contribution in [0, 0.1) is 12.7 Å². The zero-order valence-electron chi connectivity index (χ0n) is 10.5. The third-order valence-corrected chi connectivity index (χ3v) is 3.32. The Morgan fingerprint density at radius 2 is 1.75 bits per heavy atom. The topological polar surface area (TPSA) is 9.23 Å². The third kappa shape index (κ3) is 3.10. The number of benzene rings is 2. The molecule has 2 aromatic carbocycles. The van der Waals surface area contributed by atoms with E-state index < -0.39 is 17.6 Å². The molecule has 0 heterocycles. The van der Waals surface area contributed by atoms with Crippen LogP contribution in [0.2, 0.25) is 0 Å². The van der Waals surface area contributed by atoms with Gasteiger partial charge >= 0.3 is 6.18 Å². The summed E-state index contributed by atoms with van der Waals surface area (Å²) in [6.07, 6.45) is -4.45. The van der Waals surface area contributed by atoms with E-state index in [1.807, 2.05) is 9.24 Å². The lowest BCUT2D eigenvalue weighted by Crippen LogP contribution is -2.15. The second-order valence-electron chi connectivity index (χ2n) is 4.23. The minimum absolute atomic E-state index is 0.0690. The van der Waals surface area contributed by atoms with Gasteiger partial charge in [-0.2, -0.15) is 13.2 Å². The maximum atomic E-state index is 13.0. The maximum absolute atomic E-state index is 13.0. The zero-order valence-corrected chi connectivity index (χ0v) is 11.6. The molecular weight excluding hydrogens is 291 g/mol. The van der Waals surface area contributed by atoms with E-state index in [1.54, 1.807) is 6.92 Å². The smallest absolute Gasteiger partial charge is 0.417 e. The highest BCUT2D eigenvalue weighted by molar-refractivity contribution is 7.28. The van der Waals surface area contributed by atoms with Gasteiger partial charge in [-0.25, -0.2) is 4.39 Å². The molecule has 1 unspecified atom stereocenters. The third-order valence-electron chi connectivity index (χ3n) is 2.73. The number of ether oxygens (including phenoxy) is 1. The highest BCUT2D eigenvalue weighted by Crippen LogP contribution is 2.33. The molecule has 0 aliphatic heterocycles. The average molecular weight is 302 g/mol. The highest BCUT2D eigenvalue weighted by Gasteiger charge is 2.33. The fraction of sp³-hybridized carbons (Fsp3) is 0.143. The normalized spacial score (nSPS) is 11.5. The van der Waals surface area contributed by atoms with Crippen molar-refractivity contribution >= 4 is 14.5 Å². The van der Waals surface area contributed by atoms with Gasteiger partial charge in [0.05, 0.1) is 5.56 Å². The minimum atomic E-state index is -4.45. The molecule has 2 rings (SSSR count). The van der Waals surface area contributed by atoms with Crippen LogP contribution >= 0.6 is 9.24 Å². The van der Waals surface area contributed by atoms with Crippen molar-refractivity contribution in [1.82, 2.24) is 0 Å². The van der Waals surface area contributed by atoms with Crippen LogP contribution in [0.5, 0.6) is 11.5 Å². The summed E-state index contributed by atoms with van der Waals surface area (Å²) in [6.45, 7) is 1.62. The molecule has 1 nitrogen and oxygen atoms in total. The fourth-order valence-electron chi connectivity index (χ4n) is 1.73. The van der Waals surface area contributed by atoms with Crippen molar-refractivity contribution in [1.29, 1.82) is 0 Å². The summed E-state index contributed by atoms with van der Waals surface area (Å²) in [6, 6.07) is 7.51. The van der Waals surface area contributed by atoms with Gasteiger partial charge in [-0.1, -0.05) is 6.07 Å². The number of alkyl halides is 3. The second kappa shape index (κ2) is 5.41. The van der Waals surface area contributed by atoms with Crippen molar-refractivity contribution in [3.05, 3.63) is 53.3 Å². The van der Waals surface area contributed by atoms with Crippen molar-refractivity contribution in [2.24, 2.45) is 0 Å². The quantitative estimate of drug-likeness (QED) is 0.588. The number of hydrogen-bond donors (Lipinski definition) is 0. The van der Waals surface area contributed by atoms with Gasteiger partial charge in [-0.3, -0.25) is 0 Å². The molecule has 0 saturated carbocycles. The molecular formula is C14H11F4OP. The predicted octanol–water partition coefficient (Wildman–Crippen LogP) is 4.45. The Balaban J connectivity index is 2.40. The van der Waals surface area contributed by atoms with Gasteiger partial charge in [0.15, 0.2) is 0 Å². The Morgan fingerprint density at radius 1 is 1.05 bits per heavy atom. The molecule has 0 aliphatic carbocycles. The summed E-state index contributed by atoms with van der Waals surface area (Å²) < 4.78 is 56.8. The summed E-state index contributed by atoms with van der Waals surface area (Å²) in [5, 5.41) is -0.0799. The Bertz CT molecular complexity index is 638. The second-order valence-corrected chi connectivity index (χ2v) is 4.80. The summed E-state index contributed by atoms with van der Waals surface area (Å²) >= 11 is 0. The van der Waals surface area contributed by atoms with Gasteiger partial charge in [0.25, 0.3) is 0 Å². The molecule has 0 saturated heterocycles. The van der Waals surface area contributed by atoms with E-state index >= 15 is 0 Å². The van der Waals surface area contributed by atoms with E-state index in [2.05, 4.69) is 0 Å². The van der Waals surface area contributed by atoms with Gasteiger partial charge < -0.3 is 4.74 Å². The van der Waals surface area contributed by atoms with Gasteiger partial charge in [0.1, 0.15) is 17.3 Å². The van der Waals surface area contributed by atoms with Gasteiger partial charge in [0.2, 0.25) is 0 Å². The molecule has 1 atom stereocenters. The van der Waals surface area contributed by atoms with E-state index in [9.17, 15) is 17.6 Å². The zero-order chi connectivity index (χ0) is 14.9. The Morgan fingerprint density at radius 3 is 2.35 bits per heavy atom. The number of halogens is 4. The van der Waals surface area contributed by atoms with Crippen molar-refractivity contribution in [2.45, 2.75) is 13.1 Å². The summed E-state index contributed by atoms with van der Waals surface area (Å²) in [7, 11) is 2.03. The maximum Gasteiger partial charge on any atom is 0.417 e. The van der Waals surface area contributed by atoms with Crippen molar-refractivity contribution in [2.75, 3.05) is 0 Å². The fourth-order valence-corrected chi connectivity index (χ4v) is 2.14. The van der Waals surface area contributed by atoms with E-state index in [1.165, 1.54) is 30.3 Å². The molecule has 0 radical (unpaired) electrons. The molecule has 0 spiro atoms. The van der Waals surface area contributed by atoms with Crippen LogP contribution in [0.1, 0.15) is 11.1 Å². The molecule has 106 valence electrons. The number of rotatable bonds is 2. The summed E-state index contributed by atoms with van der Waals surface area (Å²) in [5.74, 6) is -0.0426. The first kappa shape index (κ1) is 14.8. The van der Waals surface area contributed by atoms with E-state index in [-0.39, 0.29) is 11.1 Å². The van der Waals surface area contributed by atoms with Gasteiger partial charge in [-0.15, -0.1) is 9.24 Å². The Labute approximate surface area is 115 Å². The summed E-state index contributed by atoms with van der Waals surface area (Å²) in [5.41, 5.74) is -0.272. The average Bonchev–Trinajstić information content (AvgIpc) is 2.33. The lowest BCUT2D eigenvalue weighted by molar-refractivity contribution is -0.136. The van der Waals surface area contributed by atoms with E-state index in [4.69, 9.17) is 4.74 Å². The first-order chi connectivity index (χ1) is 9.29. The lowest BCUT2D eigenvalue weighted by atomic mass is 10.2. The van der Waals surface area contributed by atoms with Crippen LogP contribution in [-0.4, -0.2) is 0 Å². The van der Waals surface area contributed by atoms with Crippen LogP contribution in [-0.2, 0) is 6.18 Å².